The molecule has 0 radical (unpaired) electrons. The van der Waals surface area contributed by atoms with Crippen LogP contribution in [-0.4, -0.2) is 39.6 Å². The Labute approximate surface area is 156 Å². The Kier molecular flexibility index (Phi) is 6.09. The van der Waals surface area contributed by atoms with Crippen LogP contribution >= 0.6 is 23.1 Å². The lowest BCUT2D eigenvalue weighted by Gasteiger charge is -2.27. The van der Waals surface area contributed by atoms with Gasteiger partial charge in [-0.25, -0.2) is 4.98 Å². The zero-order chi connectivity index (χ0) is 17.7. The predicted molar refractivity (Wildman–Crippen MR) is 104 cm³/mol. The average molecular weight is 378 g/mol. The number of aromatic nitrogens is 2. The van der Waals surface area contributed by atoms with Crippen LogP contribution in [0.5, 0.6) is 0 Å². The van der Waals surface area contributed by atoms with E-state index in [2.05, 4.69) is 15.3 Å². The van der Waals surface area contributed by atoms with Gasteiger partial charge in [-0.2, -0.15) is 0 Å². The summed E-state index contributed by atoms with van der Waals surface area (Å²) in [7, 11) is 0. The summed E-state index contributed by atoms with van der Waals surface area (Å²) >= 11 is 3.14. The molecule has 0 saturated carbocycles. The summed E-state index contributed by atoms with van der Waals surface area (Å²) in [6.07, 6.45) is 3.91. The Morgan fingerprint density at radius 2 is 2.16 bits per heavy atom. The van der Waals surface area contributed by atoms with E-state index in [0.717, 1.165) is 43.2 Å². The fourth-order valence-corrected chi connectivity index (χ4v) is 4.38. The first-order valence-corrected chi connectivity index (χ1v) is 10.3. The molecule has 0 atom stereocenters. The van der Waals surface area contributed by atoms with Gasteiger partial charge in [0.2, 0.25) is 5.91 Å². The number of rotatable bonds is 6. The Balaban J connectivity index is 1.56. The van der Waals surface area contributed by atoms with Crippen LogP contribution < -0.4 is 5.32 Å². The Morgan fingerprint density at radius 3 is 2.88 bits per heavy atom. The number of thiazole rings is 1. The number of anilines is 1. The topological polar surface area (TPSA) is 64.1 Å². The van der Waals surface area contributed by atoms with Crippen molar-refractivity contribution in [3.05, 3.63) is 29.8 Å². The predicted octanol–water partition coefficient (Wildman–Crippen LogP) is 4.08. The molecule has 7 heteroatoms. The molecule has 1 fully saturated rings. The van der Waals surface area contributed by atoms with Crippen molar-refractivity contribution in [1.82, 2.24) is 9.97 Å². The van der Waals surface area contributed by atoms with Crippen molar-refractivity contribution < 1.29 is 9.53 Å². The van der Waals surface area contributed by atoms with E-state index in [1.807, 2.05) is 37.4 Å². The second-order valence-electron chi connectivity index (χ2n) is 6.58. The summed E-state index contributed by atoms with van der Waals surface area (Å²) in [5, 5.41) is 5.49. The van der Waals surface area contributed by atoms with Gasteiger partial charge in [-0.1, -0.05) is 6.07 Å². The number of carbonyl (C=O) groups is 1. The molecule has 1 aliphatic heterocycles. The van der Waals surface area contributed by atoms with E-state index in [1.165, 1.54) is 11.3 Å². The van der Waals surface area contributed by atoms with Gasteiger partial charge in [0.15, 0.2) is 5.13 Å². The van der Waals surface area contributed by atoms with Crippen LogP contribution in [0.25, 0.3) is 11.4 Å². The van der Waals surface area contributed by atoms with Crippen LogP contribution in [0.4, 0.5) is 5.13 Å². The van der Waals surface area contributed by atoms with Crippen LogP contribution in [-0.2, 0) is 9.53 Å². The van der Waals surface area contributed by atoms with Gasteiger partial charge in [0.25, 0.3) is 0 Å². The molecule has 1 amide bonds. The van der Waals surface area contributed by atoms with Crippen molar-refractivity contribution in [2.75, 3.05) is 24.3 Å². The molecular formula is C18H23N3O2S2. The Hall–Kier alpha value is -1.44. The second-order valence-corrected chi connectivity index (χ2v) is 9.08. The maximum absolute atomic E-state index is 12.6. The van der Waals surface area contributed by atoms with Gasteiger partial charge in [0.1, 0.15) is 5.69 Å². The highest BCUT2D eigenvalue weighted by molar-refractivity contribution is 8.01. The first-order chi connectivity index (χ1) is 12.0. The van der Waals surface area contributed by atoms with E-state index in [4.69, 9.17) is 4.74 Å². The van der Waals surface area contributed by atoms with Gasteiger partial charge in [0, 0.05) is 24.8 Å². The summed E-state index contributed by atoms with van der Waals surface area (Å²) < 4.78 is 4.91. The lowest BCUT2D eigenvalue weighted by Crippen LogP contribution is -2.35. The minimum absolute atomic E-state index is 0.00789. The lowest BCUT2D eigenvalue weighted by atomic mass is 10.0. The molecule has 1 saturated heterocycles. The van der Waals surface area contributed by atoms with E-state index in [1.54, 1.807) is 18.0 Å². The molecule has 1 N–H and O–H groups in total. The van der Waals surface area contributed by atoms with Crippen molar-refractivity contribution in [3.8, 4) is 11.4 Å². The molecule has 3 rings (SSSR count). The molecule has 5 nitrogen and oxygen atoms in total. The van der Waals surface area contributed by atoms with Crippen LogP contribution in [0.1, 0.15) is 26.7 Å². The van der Waals surface area contributed by atoms with E-state index in [9.17, 15) is 4.79 Å². The van der Waals surface area contributed by atoms with E-state index in [-0.39, 0.29) is 5.91 Å². The maximum atomic E-state index is 12.6. The van der Waals surface area contributed by atoms with E-state index < -0.39 is 4.75 Å². The molecule has 134 valence electrons. The first kappa shape index (κ1) is 18.4. The van der Waals surface area contributed by atoms with Gasteiger partial charge in [-0.05, 0) is 50.5 Å². The van der Waals surface area contributed by atoms with Crippen molar-refractivity contribution in [2.45, 2.75) is 31.4 Å². The smallest absolute Gasteiger partial charge is 0.241 e. The van der Waals surface area contributed by atoms with Crippen molar-refractivity contribution in [2.24, 2.45) is 5.92 Å². The number of hydrogen-bond acceptors (Lipinski definition) is 6. The minimum Gasteiger partial charge on any atom is -0.381 e. The summed E-state index contributed by atoms with van der Waals surface area (Å²) in [4.78, 5) is 21.4. The summed E-state index contributed by atoms with van der Waals surface area (Å²) in [5.41, 5.74) is 1.60. The highest BCUT2D eigenvalue weighted by Gasteiger charge is 2.30. The highest BCUT2D eigenvalue weighted by Crippen LogP contribution is 2.32. The molecule has 2 aromatic heterocycles. The third kappa shape index (κ3) is 5.03. The number of amides is 1. The standard InChI is InChI=1S/C18H23N3O2S2/c1-18(2,25-11-13-6-9-23-10-7-13)16(22)21-17-20-15(12-24-17)14-5-3-4-8-19-14/h3-5,8,12-13H,6-7,9-11H2,1-2H3,(H,20,21,22). The molecule has 0 bridgehead atoms. The van der Waals surface area contributed by atoms with Gasteiger partial charge in [-0.3, -0.25) is 9.78 Å². The van der Waals surface area contributed by atoms with E-state index >= 15 is 0 Å². The number of thioether (sulfide) groups is 1. The number of hydrogen-bond donors (Lipinski definition) is 1. The SMILES string of the molecule is CC(C)(SCC1CCOCC1)C(=O)Nc1nc(-c2ccccn2)cs1. The lowest BCUT2D eigenvalue weighted by molar-refractivity contribution is -0.117. The molecule has 0 aliphatic carbocycles. The molecule has 0 aromatic carbocycles. The first-order valence-electron chi connectivity index (χ1n) is 8.45. The second kappa shape index (κ2) is 8.29. The fraction of sp³-hybridized carbons (Fsp3) is 0.500. The molecule has 3 heterocycles. The summed E-state index contributed by atoms with van der Waals surface area (Å²) in [5.74, 6) is 1.62. The van der Waals surface area contributed by atoms with Gasteiger partial charge >= 0.3 is 0 Å². The number of ether oxygens (including phenoxy) is 1. The zero-order valence-corrected chi connectivity index (χ0v) is 16.2. The number of pyridine rings is 1. The van der Waals surface area contributed by atoms with Crippen LogP contribution in [0.3, 0.4) is 0 Å². The summed E-state index contributed by atoms with van der Waals surface area (Å²) in [6.45, 7) is 5.62. The largest absolute Gasteiger partial charge is 0.381 e. The fourth-order valence-electron chi connectivity index (χ4n) is 2.52. The normalized spacial score (nSPS) is 15.9. The van der Waals surface area contributed by atoms with Gasteiger partial charge in [-0.15, -0.1) is 23.1 Å². The Morgan fingerprint density at radius 1 is 1.36 bits per heavy atom. The number of carbonyl (C=O) groups excluding carboxylic acids is 1. The minimum atomic E-state index is -0.491. The average Bonchev–Trinajstić information content (AvgIpc) is 3.10. The Bertz CT molecular complexity index is 697. The van der Waals surface area contributed by atoms with Crippen LogP contribution in [0, 0.1) is 5.92 Å². The van der Waals surface area contributed by atoms with E-state index in [0.29, 0.717) is 11.0 Å². The molecule has 25 heavy (non-hydrogen) atoms. The number of nitrogens with zero attached hydrogens (tertiary/aromatic N) is 2. The third-order valence-corrected chi connectivity index (χ3v) is 6.52. The maximum Gasteiger partial charge on any atom is 0.241 e. The zero-order valence-electron chi connectivity index (χ0n) is 14.5. The molecule has 1 aliphatic rings. The monoisotopic (exact) mass is 377 g/mol. The van der Waals surface area contributed by atoms with Crippen LogP contribution in [0.2, 0.25) is 0 Å². The molecule has 0 spiro atoms. The molecule has 0 unspecified atom stereocenters. The third-order valence-electron chi connectivity index (χ3n) is 4.22. The summed E-state index contributed by atoms with van der Waals surface area (Å²) in [6, 6.07) is 5.71. The van der Waals surface area contributed by atoms with Crippen molar-refractivity contribution in [3.63, 3.8) is 0 Å². The number of nitrogens with one attached hydrogen (secondary N) is 1. The van der Waals surface area contributed by atoms with Crippen molar-refractivity contribution >= 4 is 34.1 Å². The molecular weight excluding hydrogens is 354 g/mol. The highest BCUT2D eigenvalue weighted by atomic mass is 32.2. The van der Waals surface area contributed by atoms with Crippen LogP contribution in [0.15, 0.2) is 29.8 Å². The molecule has 2 aromatic rings. The van der Waals surface area contributed by atoms with Gasteiger partial charge < -0.3 is 10.1 Å². The van der Waals surface area contributed by atoms with Crippen molar-refractivity contribution in [1.29, 1.82) is 0 Å². The van der Waals surface area contributed by atoms with Gasteiger partial charge in [0.05, 0.1) is 10.4 Å². The quantitative estimate of drug-likeness (QED) is 0.822.